The summed E-state index contributed by atoms with van der Waals surface area (Å²) in [6.45, 7) is 4.16. The summed E-state index contributed by atoms with van der Waals surface area (Å²) in [5.74, 6) is 0.0773. The number of imide groups is 1. The molecule has 7 nitrogen and oxygen atoms in total. The van der Waals surface area contributed by atoms with Gasteiger partial charge in [-0.25, -0.2) is 0 Å². The zero-order chi connectivity index (χ0) is 26.4. The van der Waals surface area contributed by atoms with Crippen LogP contribution in [-0.2, 0) is 16.1 Å². The monoisotopic (exact) mass is 536 g/mol. The number of halogens is 1. The lowest BCUT2D eigenvalue weighted by Gasteiger charge is -2.13. The van der Waals surface area contributed by atoms with E-state index in [1.807, 2.05) is 38.1 Å². The molecule has 1 saturated heterocycles. The standard InChI is InChI=1S/C28H25ClN2O5S/c1-3-35-24-14-20(12-13-23(24)36-17-26(32)30-22-7-5-4-6-21(22)29)15-25-27(33)31(28(34)37-25)16-19-10-8-18(2)9-11-19/h4-15H,3,16-17H2,1-2H3,(H,30,32)/b25-15-. The highest BCUT2D eigenvalue weighted by atomic mass is 35.5. The number of rotatable bonds is 9. The fourth-order valence-electron chi connectivity index (χ4n) is 3.56. The second-order valence-corrected chi connectivity index (χ2v) is 9.61. The van der Waals surface area contributed by atoms with E-state index in [1.54, 1.807) is 48.5 Å². The molecular weight excluding hydrogens is 512 g/mol. The normalized spacial score (nSPS) is 14.2. The van der Waals surface area contributed by atoms with Gasteiger partial charge in [-0.15, -0.1) is 0 Å². The van der Waals surface area contributed by atoms with Crippen molar-refractivity contribution < 1.29 is 23.9 Å². The molecule has 1 fully saturated rings. The van der Waals surface area contributed by atoms with Crippen molar-refractivity contribution in [3.05, 3.63) is 93.3 Å². The first-order valence-electron chi connectivity index (χ1n) is 11.6. The number of carbonyl (C=O) groups excluding carboxylic acids is 3. The summed E-state index contributed by atoms with van der Waals surface area (Å²) in [6, 6.07) is 19.7. The van der Waals surface area contributed by atoms with Crippen molar-refractivity contribution in [2.75, 3.05) is 18.5 Å². The van der Waals surface area contributed by atoms with Crippen molar-refractivity contribution in [3.8, 4) is 11.5 Å². The first kappa shape index (κ1) is 26.3. The SMILES string of the molecule is CCOc1cc(/C=C2\SC(=O)N(Cc3ccc(C)cc3)C2=O)ccc1OCC(=O)Nc1ccccc1Cl. The fourth-order valence-corrected chi connectivity index (χ4v) is 4.58. The van der Waals surface area contributed by atoms with Crippen molar-refractivity contribution >= 4 is 52.2 Å². The third-order valence-electron chi connectivity index (χ3n) is 5.41. The number of nitrogens with one attached hydrogen (secondary N) is 1. The molecule has 4 rings (SSSR count). The van der Waals surface area contributed by atoms with Gasteiger partial charge in [0.1, 0.15) is 0 Å². The molecular formula is C28H25ClN2O5S. The molecule has 0 saturated carbocycles. The van der Waals surface area contributed by atoms with E-state index < -0.39 is 0 Å². The Kier molecular flexibility index (Phi) is 8.53. The van der Waals surface area contributed by atoms with E-state index in [0.29, 0.717) is 39.3 Å². The fraction of sp³-hybridized carbons (Fsp3) is 0.179. The van der Waals surface area contributed by atoms with Crippen LogP contribution >= 0.6 is 23.4 Å². The summed E-state index contributed by atoms with van der Waals surface area (Å²) in [5, 5.41) is 2.82. The molecule has 0 unspecified atom stereocenters. The predicted molar refractivity (Wildman–Crippen MR) is 146 cm³/mol. The minimum absolute atomic E-state index is 0.218. The van der Waals surface area contributed by atoms with Gasteiger partial charge >= 0.3 is 0 Å². The van der Waals surface area contributed by atoms with Crippen LogP contribution in [0.15, 0.2) is 71.6 Å². The van der Waals surface area contributed by atoms with Crippen LogP contribution < -0.4 is 14.8 Å². The van der Waals surface area contributed by atoms with Crippen LogP contribution in [-0.4, -0.2) is 35.2 Å². The molecule has 1 aliphatic rings. The van der Waals surface area contributed by atoms with E-state index >= 15 is 0 Å². The topological polar surface area (TPSA) is 84.9 Å². The molecule has 1 aliphatic heterocycles. The summed E-state index contributed by atoms with van der Waals surface area (Å²) in [5.41, 5.74) is 3.15. The summed E-state index contributed by atoms with van der Waals surface area (Å²) < 4.78 is 11.4. The number of ether oxygens (including phenoxy) is 2. The van der Waals surface area contributed by atoms with Gasteiger partial charge < -0.3 is 14.8 Å². The molecule has 0 aromatic heterocycles. The van der Waals surface area contributed by atoms with Crippen molar-refractivity contribution in [2.45, 2.75) is 20.4 Å². The van der Waals surface area contributed by atoms with Crippen LogP contribution in [0.2, 0.25) is 5.02 Å². The highest BCUT2D eigenvalue weighted by Crippen LogP contribution is 2.35. The average Bonchev–Trinajstić information content (AvgIpc) is 3.13. The van der Waals surface area contributed by atoms with E-state index in [9.17, 15) is 14.4 Å². The molecule has 3 aromatic carbocycles. The van der Waals surface area contributed by atoms with Crippen molar-refractivity contribution in [1.82, 2.24) is 4.90 Å². The summed E-state index contributed by atoms with van der Waals surface area (Å²) in [4.78, 5) is 39.3. The lowest BCUT2D eigenvalue weighted by atomic mass is 10.1. The molecule has 0 radical (unpaired) electrons. The van der Waals surface area contributed by atoms with E-state index in [0.717, 1.165) is 22.9 Å². The van der Waals surface area contributed by atoms with Crippen LogP contribution in [0.1, 0.15) is 23.6 Å². The largest absolute Gasteiger partial charge is 0.490 e. The molecule has 0 aliphatic carbocycles. The molecule has 0 bridgehead atoms. The van der Waals surface area contributed by atoms with Gasteiger partial charge in [0.15, 0.2) is 18.1 Å². The van der Waals surface area contributed by atoms with Gasteiger partial charge in [-0.05, 0) is 67.1 Å². The van der Waals surface area contributed by atoms with Crippen molar-refractivity contribution in [1.29, 1.82) is 0 Å². The molecule has 1 N–H and O–H groups in total. The Balaban J connectivity index is 1.44. The molecule has 3 aromatic rings. The Bertz CT molecular complexity index is 1360. The molecule has 190 valence electrons. The van der Waals surface area contributed by atoms with Gasteiger partial charge in [-0.3, -0.25) is 19.3 Å². The molecule has 9 heteroatoms. The van der Waals surface area contributed by atoms with Crippen LogP contribution in [0.25, 0.3) is 6.08 Å². The van der Waals surface area contributed by atoms with E-state index in [1.165, 1.54) is 4.90 Å². The number of anilines is 1. The zero-order valence-electron chi connectivity index (χ0n) is 20.3. The Hall–Kier alpha value is -3.75. The van der Waals surface area contributed by atoms with Gasteiger partial charge in [-0.2, -0.15) is 0 Å². The van der Waals surface area contributed by atoms with E-state index in [-0.39, 0.29) is 30.2 Å². The maximum atomic E-state index is 12.9. The molecule has 37 heavy (non-hydrogen) atoms. The third kappa shape index (κ3) is 6.72. The third-order valence-corrected chi connectivity index (χ3v) is 6.64. The second kappa shape index (κ2) is 12.0. The molecule has 0 atom stereocenters. The number of para-hydroxylation sites is 1. The Morgan fingerprint density at radius 2 is 1.78 bits per heavy atom. The number of aryl methyl sites for hydroxylation is 1. The number of hydrogen-bond donors (Lipinski definition) is 1. The number of carbonyl (C=O) groups is 3. The average molecular weight is 537 g/mol. The minimum atomic E-state index is -0.373. The van der Waals surface area contributed by atoms with Gasteiger partial charge in [-0.1, -0.05) is 59.6 Å². The van der Waals surface area contributed by atoms with E-state index in [4.69, 9.17) is 21.1 Å². The van der Waals surface area contributed by atoms with Gasteiger partial charge in [0.2, 0.25) is 0 Å². The number of benzene rings is 3. The van der Waals surface area contributed by atoms with Crippen LogP contribution in [0.5, 0.6) is 11.5 Å². The first-order valence-corrected chi connectivity index (χ1v) is 12.8. The number of thioether (sulfide) groups is 1. The maximum absolute atomic E-state index is 12.9. The second-order valence-electron chi connectivity index (χ2n) is 8.21. The quantitative estimate of drug-likeness (QED) is 0.323. The number of hydrogen-bond acceptors (Lipinski definition) is 6. The van der Waals surface area contributed by atoms with Crippen LogP contribution in [0.4, 0.5) is 10.5 Å². The van der Waals surface area contributed by atoms with Gasteiger partial charge in [0, 0.05) is 0 Å². The molecule has 0 spiro atoms. The highest BCUT2D eigenvalue weighted by Gasteiger charge is 2.35. The smallest absolute Gasteiger partial charge is 0.293 e. The number of nitrogens with zero attached hydrogens (tertiary/aromatic N) is 1. The molecule has 1 heterocycles. The Morgan fingerprint density at radius 1 is 1.03 bits per heavy atom. The maximum Gasteiger partial charge on any atom is 0.293 e. The lowest BCUT2D eigenvalue weighted by Crippen LogP contribution is -2.27. The van der Waals surface area contributed by atoms with E-state index in [2.05, 4.69) is 5.32 Å². The summed E-state index contributed by atoms with van der Waals surface area (Å²) in [6.07, 6.45) is 1.65. The first-order chi connectivity index (χ1) is 17.8. The van der Waals surface area contributed by atoms with Crippen molar-refractivity contribution in [2.24, 2.45) is 0 Å². The van der Waals surface area contributed by atoms with Gasteiger partial charge in [0.25, 0.3) is 17.1 Å². The summed E-state index contributed by atoms with van der Waals surface area (Å²) in [7, 11) is 0. The van der Waals surface area contributed by atoms with Crippen LogP contribution in [0.3, 0.4) is 0 Å². The van der Waals surface area contributed by atoms with Gasteiger partial charge in [0.05, 0.1) is 28.8 Å². The summed E-state index contributed by atoms with van der Waals surface area (Å²) >= 11 is 6.98. The highest BCUT2D eigenvalue weighted by molar-refractivity contribution is 8.18. The Morgan fingerprint density at radius 3 is 2.51 bits per heavy atom. The van der Waals surface area contributed by atoms with Crippen LogP contribution in [0, 0.1) is 6.92 Å². The lowest BCUT2D eigenvalue weighted by molar-refractivity contribution is -0.123. The minimum Gasteiger partial charge on any atom is -0.490 e. The zero-order valence-corrected chi connectivity index (χ0v) is 21.9. The van der Waals surface area contributed by atoms with Crippen molar-refractivity contribution in [3.63, 3.8) is 0 Å². The molecule has 3 amide bonds. The Labute approximate surface area is 224 Å². The number of amides is 3. The predicted octanol–water partition coefficient (Wildman–Crippen LogP) is 6.30.